The summed E-state index contributed by atoms with van der Waals surface area (Å²) in [6, 6.07) is 6.13. The van der Waals surface area contributed by atoms with Gasteiger partial charge in [-0.15, -0.1) is 11.8 Å². The first-order valence-corrected chi connectivity index (χ1v) is 12.2. The molecule has 0 saturated carbocycles. The van der Waals surface area contributed by atoms with E-state index in [1.165, 1.54) is 25.0 Å². The summed E-state index contributed by atoms with van der Waals surface area (Å²) >= 11 is 7.20. The normalized spacial score (nSPS) is 23.8. The minimum absolute atomic E-state index is 0.0185. The molecule has 0 radical (unpaired) electrons. The van der Waals surface area contributed by atoms with Crippen LogP contribution in [0.3, 0.4) is 0 Å². The predicted octanol–water partition coefficient (Wildman–Crippen LogP) is 3.44. The van der Waals surface area contributed by atoms with Gasteiger partial charge in [-0.3, -0.25) is 19.8 Å². The van der Waals surface area contributed by atoms with Crippen molar-refractivity contribution in [2.45, 2.75) is 50.7 Å². The summed E-state index contributed by atoms with van der Waals surface area (Å²) in [5, 5.41) is 21.3. The third-order valence-corrected chi connectivity index (χ3v) is 7.99. The van der Waals surface area contributed by atoms with Crippen LogP contribution in [0.1, 0.15) is 38.2 Å². The molecule has 3 atom stereocenters. The summed E-state index contributed by atoms with van der Waals surface area (Å²) < 4.78 is 5.86. The van der Waals surface area contributed by atoms with Crippen LogP contribution in [0.2, 0.25) is 0 Å². The smallest absolute Gasteiger partial charge is 0.269 e. The number of aliphatic hydroxyl groups excluding tert-OH is 1. The van der Waals surface area contributed by atoms with Crippen molar-refractivity contribution in [3.05, 3.63) is 50.5 Å². The van der Waals surface area contributed by atoms with Crippen molar-refractivity contribution in [1.82, 2.24) is 9.80 Å². The maximum atomic E-state index is 12.9. The predicted molar refractivity (Wildman–Crippen MR) is 126 cm³/mol. The zero-order valence-electron chi connectivity index (χ0n) is 17.9. The van der Waals surface area contributed by atoms with E-state index in [-0.39, 0.29) is 28.6 Å². The van der Waals surface area contributed by atoms with Crippen LogP contribution in [0, 0.1) is 16.0 Å². The summed E-state index contributed by atoms with van der Waals surface area (Å²) in [5.74, 6) is -0.522. The van der Waals surface area contributed by atoms with Gasteiger partial charge in [0.1, 0.15) is 17.7 Å². The van der Waals surface area contributed by atoms with Crippen LogP contribution in [0.5, 0.6) is 0 Å². The fraction of sp³-hybridized carbons (Fsp3) is 0.545. The number of nitro groups is 1. The zero-order chi connectivity index (χ0) is 22.8. The largest absolute Gasteiger partial charge is 0.477 e. The van der Waals surface area contributed by atoms with Gasteiger partial charge in [0.25, 0.3) is 5.69 Å². The number of non-ortho nitro benzene ring substituents is 1. The Bertz CT molecular complexity index is 930. The van der Waals surface area contributed by atoms with Gasteiger partial charge >= 0.3 is 0 Å². The Kier molecular flexibility index (Phi) is 7.14. The molecule has 0 aliphatic carbocycles. The van der Waals surface area contributed by atoms with Gasteiger partial charge < -0.3 is 14.7 Å². The molecule has 3 aliphatic heterocycles. The Balaban J connectivity index is 1.47. The lowest BCUT2D eigenvalue weighted by Gasteiger charge is -2.44. The molecule has 172 valence electrons. The number of nitro benzene ring substituents is 1. The lowest BCUT2D eigenvalue weighted by atomic mass is 9.90. The average molecular weight is 478 g/mol. The Morgan fingerprint density at radius 3 is 2.66 bits per heavy atom. The monoisotopic (exact) mass is 477 g/mol. The molecule has 2 saturated heterocycles. The number of thioether (sulfide) groups is 1. The van der Waals surface area contributed by atoms with E-state index < -0.39 is 16.9 Å². The second-order valence-corrected chi connectivity index (χ2v) is 9.87. The van der Waals surface area contributed by atoms with Crippen LogP contribution in [-0.2, 0) is 16.1 Å². The highest BCUT2D eigenvalue weighted by atomic mass is 32.2. The number of carbonyl (C=O) groups excluding carboxylic acids is 1. The van der Waals surface area contributed by atoms with Crippen LogP contribution in [0.4, 0.5) is 5.69 Å². The number of β-lactam (4-membered cyclic amide) rings is 1. The zero-order valence-corrected chi connectivity index (χ0v) is 19.6. The fourth-order valence-corrected chi connectivity index (χ4v) is 6.29. The number of rotatable bonds is 9. The van der Waals surface area contributed by atoms with E-state index in [1.54, 1.807) is 28.8 Å². The molecular formula is C22H27N3O5S2. The summed E-state index contributed by atoms with van der Waals surface area (Å²) in [5.41, 5.74) is 1.43. The van der Waals surface area contributed by atoms with Crippen molar-refractivity contribution in [2.24, 2.45) is 5.92 Å². The second kappa shape index (κ2) is 9.86. The Morgan fingerprint density at radius 2 is 2.03 bits per heavy atom. The number of carbonyl (C=O) groups is 1. The van der Waals surface area contributed by atoms with E-state index in [0.717, 1.165) is 36.5 Å². The topological polar surface area (TPSA) is 96.1 Å². The van der Waals surface area contributed by atoms with Gasteiger partial charge in [0, 0.05) is 23.6 Å². The number of nitrogens with zero attached hydrogens (tertiary/aromatic N) is 3. The van der Waals surface area contributed by atoms with Gasteiger partial charge in [-0.2, -0.15) is 0 Å². The molecule has 3 aliphatic rings. The second-order valence-electron chi connectivity index (χ2n) is 8.29. The number of amides is 1. The lowest BCUT2D eigenvalue weighted by molar-refractivity contribution is -0.384. The van der Waals surface area contributed by atoms with Crippen molar-refractivity contribution < 1.29 is 19.6 Å². The molecule has 1 amide bonds. The van der Waals surface area contributed by atoms with Crippen molar-refractivity contribution in [3.8, 4) is 0 Å². The van der Waals surface area contributed by atoms with Gasteiger partial charge in [0.05, 0.1) is 16.9 Å². The number of ether oxygens (including phenoxy) is 1. The number of aliphatic hydroxyl groups is 1. The van der Waals surface area contributed by atoms with E-state index in [2.05, 4.69) is 4.90 Å². The fourth-order valence-electron chi connectivity index (χ4n) is 4.38. The standard InChI is InChI=1S/C22H27N3O5S2/c1-2-16(26)18-20(27)24-19(17(32-21(18)24)9-12-23-10-3-4-11-23)22(31)30-13-14-5-7-15(8-6-14)25(28)29/h5-8,16,18,21,26H,2-4,9-13H2,1H3/t16-,18+,21+/m0/s1. The lowest BCUT2D eigenvalue weighted by Crippen LogP contribution is -2.61. The first kappa shape index (κ1) is 23.2. The van der Waals surface area contributed by atoms with Crippen LogP contribution in [0.25, 0.3) is 0 Å². The highest BCUT2D eigenvalue weighted by Gasteiger charge is 2.57. The van der Waals surface area contributed by atoms with Crippen LogP contribution in [-0.4, -0.2) is 61.9 Å². The molecule has 4 rings (SSSR count). The van der Waals surface area contributed by atoms with Crippen molar-refractivity contribution in [1.29, 1.82) is 0 Å². The summed E-state index contributed by atoms with van der Waals surface area (Å²) in [6.45, 7) is 5.14. The van der Waals surface area contributed by atoms with Crippen molar-refractivity contribution in [2.75, 3.05) is 19.6 Å². The number of fused-ring (bicyclic) bond motifs is 1. The van der Waals surface area contributed by atoms with E-state index in [1.807, 2.05) is 6.92 Å². The molecule has 3 heterocycles. The molecule has 1 N–H and O–H groups in total. The van der Waals surface area contributed by atoms with Crippen LogP contribution >= 0.6 is 24.0 Å². The minimum Gasteiger partial charge on any atom is -0.477 e. The van der Waals surface area contributed by atoms with E-state index in [4.69, 9.17) is 17.0 Å². The van der Waals surface area contributed by atoms with Gasteiger partial charge in [0.15, 0.2) is 0 Å². The Morgan fingerprint density at radius 1 is 1.34 bits per heavy atom. The molecule has 2 fully saturated rings. The first-order chi connectivity index (χ1) is 15.4. The number of benzene rings is 1. The quantitative estimate of drug-likeness (QED) is 0.250. The molecule has 0 unspecified atom stereocenters. The van der Waals surface area contributed by atoms with E-state index >= 15 is 0 Å². The Labute approximate surface area is 196 Å². The molecule has 0 bridgehead atoms. The Hall–Kier alpha value is -2.01. The molecule has 32 heavy (non-hydrogen) atoms. The maximum Gasteiger partial charge on any atom is 0.269 e. The molecule has 0 spiro atoms. The van der Waals surface area contributed by atoms with E-state index in [9.17, 15) is 20.0 Å². The van der Waals surface area contributed by atoms with Crippen molar-refractivity contribution >= 4 is 40.6 Å². The number of hydrogen-bond donors (Lipinski definition) is 1. The third-order valence-electron chi connectivity index (χ3n) is 6.25. The summed E-state index contributed by atoms with van der Waals surface area (Å²) in [4.78, 5) is 28.4. The van der Waals surface area contributed by atoms with Gasteiger partial charge in [-0.25, -0.2) is 0 Å². The highest BCUT2D eigenvalue weighted by molar-refractivity contribution is 8.04. The number of thiocarbonyl (C=S) groups is 1. The molecule has 10 heteroatoms. The minimum atomic E-state index is -0.662. The molecule has 1 aromatic carbocycles. The van der Waals surface area contributed by atoms with Gasteiger partial charge in [-0.05, 0) is 68.7 Å². The number of likely N-dealkylation sites (tertiary alicyclic amines) is 1. The molecule has 0 aromatic heterocycles. The van der Waals surface area contributed by atoms with E-state index in [0.29, 0.717) is 12.1 Å². The SMILES string of the molecule is CC[C@H](O)[C@@H]1C(=O)N2C(C(=S)OCc3ccc([N+](=O)[O-])cc3)=C(CCN3CCCC3)S[C@H]12. The average Bonchev–Trinajstić information content (AvgIpc) is 3.42. The van der Waals surface area contributed by atoms with Gasteiger partial charge in [-0.1, -0.05) is 6.92 Å². The third kappa shape index (κ3) is 4.54. The van der Waals surface area contributed by atoms with Crippen LogP contribution < -0.4 is 0 Å². The maximum absolute atomic E-state index is 12.9. The van der Waals surface area contributed by atoms with Crippen molar-refractivity contribution in [3.63, 3.8) is 0 Å². The summed E-state index contributed by atoms with van der Waals surface area (Å²) in [6.07, 6.45) is 3.09. The number of hydrogen-bond acceptors (Lipinski definition) is 8. The molecule has 1 aromatic rings. The van der Waals surface area contributed by atoms with Gasteiger partial charge in [0.2, 0.25) is 11.0 Å². The molecule has 8 nitrogen and oxygen atoms in total. The molecular weight excluding hydrogens is 450 g/mol. The first-order valence-electron chi connectivity index (χ1n) is 10.9. The van der Waals surface area contributed by atoms with Crippen LogP contribution in [0.15, 0.2) is 34.9 Å². The highest BCUT2D eigenvalue weighted by Crippen LogP contribution is 2.52. The summed E-state index contributed by atoms with van der Waals surface area (Å²) in [7, 11) is 0.